The van der Waals surface area contributed by atoms with Crippen LogP contribution in [0.4, 0.5) is 14.5 Å². The zero-order chi connectivity index (χ0) is 13.8. The lowest BCUT2D eigenvalue weighted by Crippen LogP contribution is -2.02. The molecule has 2 rings (SSSR count). The zero-order valence-electron chi connectivity index (χ0n) is 10.2. The van der Waals surface area contributed by atoms with Crippen molar-refractivity contribution in [2.24, 2.45) is 0 Å². The van der Waals surface area contributed by atoms with Crippen molar-refractivity contribution in [1.29, 1.82) is 0 Å². The van der Waals surface area contributed by atoms with Crippen molar-refractivity contribution in [3.8, 4) is 5.75 Å². The van der Waals surface area contributed by atoms with Gasteiger partial charge in [-0.15, -0.1) is 0 Å². The van der Waals surface area contributed by atoms with Crippen LogP contribution in [0.5, 0.6) is 5.75 Å². The summed E-state index contributed by atoms with van der Waals surface area (Å²) in [6, 6.07) is 8.46. The van der Waals surface area contributed by atoms with Crippen molar-refractivity contribution in [1.82, 2.24) is 0 Å². The van der Waals surface area contributed by atoms with Crippen LogP contribution in [0.25, 0.3) is 0 Å². The lowest BCUT2D eigenvalue weighted by molar-refractivity contribution is 0.415. The molecule has 0 aromatic heterocycles. The lowest BCUT2D eigenvalue weighted by Gasteiger charge is -2.10. The average molecular weight is 284 g/mol. The summed E-state index contributed by atoms with van der Waals surface area (Å²) in [7, 11) is 1.51. The number of rotatable bonds is 4. The second-order valence-electron chi connectivity index (χ2n) is 3.94. The largest absolute Gasteiger partial charge is 0.495 e. The Morgan fingerprint density at radius 3 is 2.68 bits per heavy atom. The van der Waals surface area contributed by atoms with Gasteiger partial charge < -0.3 is 10.1 Å². The molecule has 0 spiro atoms. The van der Waals surface area contributed by atoms with Crippen LogP contribution in [-0.2, 0) is 6.54 Å². The van der Waals surface area contributed by atoms with Crippen LogP contribution >= 0.6 is 11.6 Å². The molecule has 0 heterocycles. The molecule has 0 atom stereocenters. The van der Waals surface area contributed by atoms with E-state index < -0.39 is 11.6 Å². The van der Waals surface area contributed by atoms with Gasteiger partial charge in [-0.1, -0.05) is 11.6 Å². The third-order valence-corrected chi connectivity index (χ3v) is 2.95. The highest BCUT2D eigenvalue weighted by Crippen LogP contribution is 2.27. The highest BCUT2D eigenvalue weighted by Gasteiger charge is 2.05. The molecule has 0 aliphatic heterocycles. The normalized spacial score (nSPS) is 10.3. The van der Waals surface area contributed by atoms with E-state index in [0.717, 1.165) is 18.2 Å². The van der Waals surface area contributed by atoms with Crippen LogP contribution in [-0.4, -0.2) is 7.11 Å². The van der Waals surface area contributed by atoms with Gasteiger partial charge in [0.05, 0.1) is 12.1 Å². The van der Waals surface area contributed by atoms with Gasteiger partial charge in [-0.2, -0.15) is 0 Å². The molecule has 100 valence electrons. The third-order valence-electron chi connectivity index (χ3n) is 2.64. The Bertz CT molecular complexity index is 590. The first kappa shape index (κ1) is 13.6. The summed E-state index contributed by atoms with van der Waals surface area (Å²) in [4.78, 5) is 0. The molecule has 0 saturated heterocycles. The number of halogens is 3. The minimum absolute atomic E-state index is 0.175. The number of anilines is 1. The van der Waals surface area contributed by atoms with Crippen LogP contribution in [0.3, 0.4) is 0 Å². The molecule has 0 radical (unpaired) electrons. The maximum Gasteiger partial charge on any atom is 0.139 e. The minimum atomic E-state index is -0.466. The second kappa shape index (κ2) is 5.89. The Morgan fingerprint density at radius 2 is 1.95 bits per heavy atom. The van der Waals surface area contributed by atoms with Crippen molar-refractivity contribution < 1.29 is 13.5 Å². The Balaban J connectivity index is 2.12. The van der Waals surface area contributed by atoms with Gasteiger partial charge in [0.15, 0.2) is 0 Å². The number of methoxy groups -OCH3 is 1. The molecule has 5 heteroatoms. The predicted octanol–water partition coefficient (Wildman–Crippen LogP) is 4.24. The molecule has 0 unspecified atom stereocenters. The van der Waals surface area contributed by atoms with Crippen LogP contribution < -0.4 is 10.1 Å². The molecular formula is C14H12ClF2NO. The summed E-state index contributed by atoms with van der Waals surface area (Å²) in [5.41, 5.74) is 0.971. The number of hydrogen-bond acceptors (Lipinski definition) is 2. The van der Waals surface area contributed by atoms with E-state index in [2.05, 4.69) is 5.32 Å². The summed E-state index contributed by atoms with van der Waals surface area (Å²) in [6.45, 7) is 0.175. The predicted molar refractivity (Wildman–Crippen MR) is 71.7 cm³/mol. The van der Waals surface area contributed by atoms with E-state index in [4.69, 9.17) is 16.3 Å². The average Bonchev–Trinajstić information content (AvgIpc) is 2.41. The van der Waals surface area contributed by atoms with Crippen LogP contribution in [0.15, 0.2) is 36.4 Å². The molecule has 0 saturated carbocycles. The van der Waals surface area contributed by atoms with E-state index in [9.17, 15) is 8.78 Å². The molecule has 0 aliphatic rings. The van der Waals surface area contributed by atoms with Crippen LogP contribution in [0.2, 0.25) is 5.02 Å². The van der Waals surface area contributed by atoms with Gasteiger partial charge in [0, 0.05) is 23.9 Å². The number of ether oxygens (including phenoxy) is 1. The van der Waals surface area contributed by atoms with Crippen molar-refractivity contribution in [2.75, 3.05) is 12.4 Å². The van der Waals surface area contributed by atoms with Gasteiger partial charge in [0.25, 0.3) is 0 Å². The maximum atomic E-state index is 13.4. The van der Waals surface area contributed by atoms with Crippen LogP contribution in [0, 0.1) is 11.6 Å². The third kappa shape index (κ3) is 3.35. The van der Waals surface area contributed by atoms with Gasteiger partial charge in [-0.3, -0.25) is 0 Å². The van der Waals surface area contributed by atoms with Gasteiger partial charge in [0.2, 0.25) is 0 Å². The first-order valence-electron chi connectivity index (χ1n) is 5.61. The minimum Gasteiger partial charge on any atom is -0.495 e. The lowest BCUT2D eigenvalue weighted by atomic mass is 10.2. The van der Waals surface area contributed by atoms with E-state index >= 15 is 0 Å². The molecule has 2 aromatic rings. The zero-order valence-corrected chi connectivity index (χ0v) is 11.0. The fourth-order valence-corrected chi connectivity index (χ4v) is 1.84. The first-order valence-corrected chi connectivity index (χ1v) is 5.99. The number of nitrogens with one attached hydrogen (secondary N) is 1. The smallest absolute Gasteiger partial charge is 0.139 e. The van der Waals surface area contributed by atoms with Gasteiger partial charge in [0.1, 0.15) is 17.4 Å². The van der Waals surface area contributed by atoms with Crippen molar-refractivity contribution >= 4 is 17.3 Å². The fraction of sp³-hybridized carbons (Fsp3) is 0.143. The summed E-state index contributed by atoms with van der Waals surface area (Å²) in [5, 5.41) is 3.48. The quantitative estimate of drug-likeness (QED) is 0.906. The summed E-state index contributed by atoms with van der Waals surface area (Å²) >= 11 is 5.90. The Morgan fingerprint density at radius 1 is 1.16 bits per heavy atom. The molecule has 0 bridgehead atoms. The van der Waals surface area contributed by atoms with Gasteiger partial charge in [-0.05, 0) is 30.3 Å². The van der Waals surface area contributed by atoms with Crippen molar-refractivity contribution in [2.45, 2.75) is 6.54 Å². The van der Waals surface area contributed by atoms with E-state index in [0.29, 0.717) is 16.5 Å². The van der Waals surface area contributed by atoms with Gasteiger partial charge >= 0.3 is 0 Å². The molecule has 0 fully saturated rings. The molecule has 1 N–H and O–H groups in total. The molecule has 0 amide bonds. The van der Waals surface area contributed by atoms with E-state index in [1.807, 2.05) is 0 Å². The monoisotopic (exact) mass is 283 g/mol. The van der Waals surface area contributed by atoms with Crippen molar-refractivity contribution in [3.63, 3.8) is 0 Å². The fourth-order valence-electron chi connectivity index (χ4n) is 1.65. The summed E-state index contributed by atoms with van der Waals surface area (Å²) in [5.74, 6) is -0.395. The molecule has 19 heavy (non-hydrogen) atoms. The molecular weight excluding hydrogens is 272 g/mol. The van der Waals surface area contributed by atoms with E-state index in [1.165, 1.54) is 7.11 Å². The van der Waals surface area contributed by atoms with Crippen LogP contribution in [0.1, 0.15) is 5.56 Å². The number of hydrogen-bond donors (Lipinski definition) is 1. The molecule has 2 aromatic carbocycles. The van der Waals surface area contributed by atoms with Gasteiger partial charge in [-0.25, -0.2) is 8.78 Å². The highest BCUT2D eigenvalue weighted by atomic mass is 35.5. The van der Waals surface area contributed by atoms with E-state index in [1.54, 1.807) is 18.2 Å². The second-order valence-corrected chi connectivity index (χ2v) is 4.35. The molecule has 2 nitrogen and oxygen atoms in total. The summed E-state index contributed by atoms with van der Waals surface area (Å²) in [6.07, 6.45) is 0. The Labute approximate surface area is 115 Å². The Kier molecular flexibility index (Phi) is 4.22. The SMILES string of the molecule is COc1cc(NCc2cc(F)ccc2F)ccc1Cl. The maximum absolute atomic E-state index is 13.4. The highest BCUT2D eigenvalue weighted by molar-refractivity contribution is 6.32. The standard InChI is InChI=1S/C14H12ClF2NO/c1-19-14-7-11(3-4-12(14)15)18-8-9-6-10(16)2-5-13(9)17/h2-7,18H,8H2,1H3. The topological polar surface area (TPSA) is 21.3 Å². The van der Waals surface area contributed by atoms with E-state index in [-0.39, 0.29) is 12.1 Å². The first-order chi connectivity index (χ1) is 9.10. The number of benzene rings is 2. The summed E-state index contributed by atoms with van der Waals surface area (Å²) < 4.78 is 31.5. The Hall–Kier alpha value is -1.81. The van der Waals surface area contributed by atoms with Crippen molar-refractivity contribution in [3.05, 3.63) is 58.6 Å². The molecule has 0 aliphatic carbocycles.